The Labute approximate surface area is 138 Å². The zero-order valence-electron chi connectivity index (χ0n) is 14.5. The molecule has 0 saturated heterocycles. The fraction of sp³-hybridized carbons (Fsp3) is 1.00. The molecule has 0 unspecified atom stereocenters. The average Bonchev–Trinajstić information content (AvgIpc) is 1.77. The monoisotopic (exact) mass is 272 g/mol. The van der Waals surface area contributed by atoms with E-state index in [2.05, 4.69) is 67.7 Å². The van der Waals surface area contributed by atoms with Crippen molar-refractivity contribution >= 4 is 23.7 Å². The molecule has 0 saturated carbocycles. The molecule has 0 aliphatic rings. The van der Waals surface area contributed by atoms with E-state index in [-0.39, 0.29) is 37.7 Å². The minimum Gasteiger partial charge on any atom is -0.424 e. The van der Waals surface area contributed by atoms with Crippen molar-refractivity contribution < 1.29 is 37.7 Å². The molecule has 0 rings (SSSR count). The summed E-state index contributed by atoms with van der Waals surface area (Å²) in [4.78, 5) is 0. The minimum atomic E-state index is -1.06. The van der Waals surface area contributed by atoms with Crippen LogP contribution in [0.25, 0.3) is 0 Å². The fourth-order valence-corrected chi connectivity index (χ4v) is 31.2. The molecular formula is C12H30Li2Si3+. The second kappa shape index (κ2) is 7.03. The van der Waals surface area contributed by atoms with Gasteiger partial charge in [0.2, 0.25) is 0 Å². The first-order valence-corrected chi connectivity index (χ1v) is 15.0. The van der Waals surface area contributed by atoms with Crippen molar-refractivity contribution in [1.82, 2.24) is 0 Å². The van der Waals surface area contributed by atoms with Crippen LogP contribution < -0.4 is 37.7 Å². The smallest absolute Gasteiger partial charge is 0.424 e. The van der Waals surface area contributed by atoms with Gasteiger partial charge < -0.3 is 8.55 Å². The van der Waals surface area contributed by atoms with Gasteiger partial charge >= 0.3 is 37.7 Å². The Balaban J connectivity index is -0.000000980. The molecule has 0 aromatic rings. The van der Waals surface area contributed by atoms with Crippen molar-refractivity contribution in [2.75, 3.05) is 0 Å². The summed E-state index contributed by atoms with van der Waals surface area (Å²) in [5.74, 6) is 0. The third-order valence-electron chi connectivity index (χ3n) is 4.38. The van der Waals surface area contributed by atoms with Gasteiger partial charge in [-0.3, -0.25) is 0 Å². The molecule has 0 aliphatic carbocycles. The van der Waals surface area contributed by atoms with E-state index in [1.807, 2.05) is 0 Å². The molecule has 0 heterocycles. The number of hydrogen-bond donors (Lipinski definition) is 0. The normalized spacial score (nSPS) is 13.8. The largest absolute Gasteiger partial charge is 1.00 e. The molecular weight excluding hydrogens is 242 g/mol. The zero-order chi connectivity index (χ0) is 12.7. The van der Waals surface area contributed by atoms with Crippen molar-refractivity contribution in [2.45, 2.75) is 77.8 Å². The first-order valence-electron chi connectivity index (χ1n) is 6.00. The molecule has 0 aromatic heterocycles. The Hall–Kier alpha value is 1.85. The van der Waals surface area contributed by atoms with Gasteiger partial charge in [0.15, 0.2) is 0 Å². The SMILES string of the molecule is CC(C)(C)[Si](C)(C)[Si-][Si](C)(C)C(C)(C)C.[Li+].[Li+]. The van der Waals surface area contributed by atoms with Crippen LogP contribution in [0, 0.1) is 0 Å². The van der Waals surface area contributed by atoms with Crippen molar-refractivity contribution in [1.29, 1.82) is 0 Å². The fourth-order valence-electron chi connectivity index (χ4n) is 1.16. The standard InChI is InChI=1S/C12H30Si3.2Li/c1-11(2,3)14(7,8)13-15(9,10)12(4,5)6;;/h1-10H3;;/q-1;2*+1. The van der Waals surface area contributed by atoms with E-state index in [0.29, 0.717) is 10.1 Å². The molecule has 0 N–H and O–H groups in total. The number of hydrogen-bond acceptors (Lipinski definition) is 0. The Morgan fingerprint density at radius 1 is 0.588 bits per heavy atom. The van der Waals surface area contributed by atoms with Gasteiger partial charge in [-0.15, -0.1) is 15.2 Å². The second-order valence-corrected chi connectivity index (χ2v) is 28.1. The van der Waals surface area contributed by atoms with Crippen LogP contribution in [0.1, 0.15) is 41.5 Å². The van der Waals surface area contributed by atoms with Crippen LogP contribution in [-0.2, 0) is 0 Å². The molecule has 0 spiro atoms. The summed E-state index contributed by atoms with van der Waals surface area (Å²) in [5, 5.41) is 1.11. The summed E-state index contributed by atoms with van der Waals surface area (Å²) in [6.45, 7) is 25.0. The summed E-state index contributed by atoms with van der Waals surface area (Å²) < 4.78 is 0. The summed E-state index contributed by atoms with van der Waals surface area (Å²) in [7, 11) is -0.855. The molecule has 0 amide bonds. The van der Waals surface area contributed by atoms with E-state index >= 15 is 0 Å². The maximum Gasteiger partial charge on any atom is 1.00 e. The molecule has 0 aromatic carbocycles. The van der Waals surface area contributed by atoms with E-state index in [4.69, 9.17) is 0 Å². The Kier molecular flexibility index (Phi) is 9.88. The molecule has 5 heteroatoms. The van der Waals surface area contributed by atoms with Gasteiger partial charge in [0.1, 0.15) is 0 Å². The predicted molar refractivity (Wildman–Crippen MR) is 80.1 cm³/mol. The van der Waals surface area contributed by atoms with Crippen molar-refractivity contribution in [2.24, 2.45) is 0 Å². The summed E-state index contributed by atoms with van der Waals surface area (Å²) in [5.41, 5.74) is 0. The predicted octanol–water partition coefficient (Wildman–Crippen LogP) is -1.29. The van der Waals surface area contributed by atoms with Crippen molar-refractivity contribution in [3.05, 3.63) is 0 Å². The Bertz CT molecular complexity index is 201. The third kappa shape index (κ3) is 6.71. The van der Waals surface area contributed by atoms with Crippen LogP contribution in [0.3, 0.4) is 0 Å². The van der Waals surface area contributed by atoms with E-state index in [0.717, 1.165) is 0 Å². The molecule has 0 fully saturated rings. The third-order valence-corrected chi connectivity index (χ3v) is 32.6. The van der Waals surface area contributed by atoms with Crippen LogP contribution in [0.2, 0.25) is 36.3 Å². The van der Waals surface area contributed by atoms with E-state index < -0.39 is 15.2 Å². The van der Waals surface area contributed by atoms with Gasteiger partial charge in [-0.25, -0.2) is 0 Å². The van der Waals surface area contributed by atoms with Crippen LogP contribution in [0.4, 0.5) is 0 Å². The van der Waals surface area contributed by atoms with Crippen LogP contribution in [-0.4, -0.2) is 23.7 Å². The Morgan fingerprint density at radius 2 is 0.765 bits per heavy atom. The first-order chi connectivity index (χ1) is 6.21. The minimum absolute atomic E-state index is 0. The zero-order valence-corrected chi connectivity index (χ0v) is 17.5. The molecule has 91 valence electrons. The molecule has 0 nitrogen and oxygen atoms in total. The molecule has 17 heavy (non-hydrogen) atoms. The van der Waals surface area contributed by atoms with Gasteiger partial charge in [0.25, 0.3) is 0 Å². The van der Waals surface area contributed by atoms with Crippen molar-refractivity contribution in [3.63, 3.8) is 0 Å². The van der Waals surface area contributed by atoms with E-state index in [1.165, 1.54) is 8.55 Å². The maximum atomic E-state index is 2.59. The Morgan fingerprint density at radius 3 is 0.882 bits per heavy atom. The van der Waals surface area contributed by atoms with Gasteiger partial charge in [0.05, 0.1) is 0 Å². The van der Waals surface area contributed by atoms with E-state index in [1.54, 1.807) is 0 Å². The maximum absolute atomic E-state index is 2.59. The molecule has 0 atom stereocenters. The van der Waals surface area contributed by atoms with E-state index in [9.17, 15) is 0 Å². The van der Waals surface area contributed by atoms with Gasteiger partial charge in [-0.1, -0.05) is 77.8 Å². The van der Waals surface area contributed by atoms with Gasteiger partial charge in [-0.2, -0.15) is 0 Å². The topological polar surface area (TPSA) is 0 Å². The van der Waals surface area contributed by atoms with Crippen molar-refractivity contribution in [3.8, 4) is 0 Å². The van der Waals surface area contributed by atoms with Gasteiger partial charge in [0, 0.05) is 0 Å². The summed E-state index contributed by atoms with van der Waals surface area (Å²) in [6, 6.07) is 0. The first kappa shape index (κ1) is 23.9. The molecule has 0 aliphatic heterocycles. The van der Waals surface area contributed by atoms with Crippen LogP contribution in [0.5, 0.6) is 0 Å². The van der Waals surface area contributed by atoms with Crippen LogP contribution >= 0.6 is 0 Å². The summed E-state index contributed by atoms with van der Waals surface area (Å²) >= 11 is 0. The molecule has 1 radical (unpaired) electrons. The molecule has 0 bridgehead atoms. The average molecular weight is 273 g/mol. The second-order valence-electron chi connectivity index (χ2n) is 7.88. The number of rotatable bonds is 2. The van der Waals surface area contributed by atoms with Gasteiger partial charge in [-0.05, 0) is 0 Å². The van der Waals surface area contributed by atoms with Crippen LogP contribution in [0.15, 0.2) is 0 Å². The quantitative estimate of drug-likeness (QED) is 0.549. The summed E-state index contributed by atoms with van der Waals surface area (Å²) in [6.07, 6.45) is 0.